The number of carbonyl (C=O) groups excluding carboxylic acids is 4. The maximum Gasteiger partial charge on any atom is 0.408 e. The number of ether oxygens (including phenoxy) is 2. The molecule has 0 saturated heterocycles. The Hall–Kier alpha value is -4.66. The summed E-state index contributed by atoms with van der Waals surface area (Å²) in [6.45, 7) is 4.58. The quantitative estimate of drug-likeness (QED) is 0.316. The summed E-state index contributed by atoms with van der Waals surface area (Å²) in [5, 5.41) is 8.02. The zero-order valence-corrected chi connectivity index (χ0v) is 23.0. The summed E-state index contributed by atoms with van der Waals surface area (Å²) in [6, 6.07) is 25.8. The highest BCUT2D eigenvalue weighted by Gasteiger charge is 2.45. The molecule has 0 aromatic heterocycles. The summed E-state index contributed by atoms with van der Waals surface area (Å²) < 4.78 is 10.1. The third-order valence-corrected chi connectivity index (χ3v) is 6.54. The van der Waals surface area contributed by atoms with Crippen molar-refractivity contribution < 1.29 is 28.7 Å². The third-order valence-electron chi connectivity index (χ3n) is 6.54. The smallest absolute Gasteiger partial charge is 0.408 e. The molecule has 3 atom stereocenters. The molecule has 3 aromatic rings. The maximum atomic E-state index is 14.0. The summed E-state index contributed by atoms with van der Waals surface area (Å²) in [6.07, 6.45) is -0.796. The number of nitrogens with one attached hydrogen (secondary N) is 3. The van der Waals surface area contributed by atoms with Gasteiger partial charge in [0.15, 0.2) is 0 Å². The molecule has 3 aromatic carbocycles. The van der Waals surface area contributed by atoms with Gasteiger partial charge in [0.2, 0.25) is 11.8 Å². The second kappa shape index (κ2) is 13.9. The number of rotatable bonds is 11. The van der Waals surface area contributed by atoms with Crippen LogP contribution in [0.5, 0.6) is 0 Å². The van der Waals surface area contributed by atoms with Crippen LogP contribution in [0.3, 0.4) is 0 Å². The molecule has 3 amide bonds. The number of hydrogen-bond acceptors (Lipinski definition) is 6. The molecule has 3 N–H and O–H groups in total. The van der Waals surface area contributed by atoms with E-state index in [0.29, 0.717) is 0 Å². The van der Waals surface area contributed by atoms with E-state index in [0.717, 1.165) is 16.7 Å². The van der Waals surface area contributed by atoms with Gasteiger partial charge in [0, 0.05) is 5.92 Å². The number of carbonyl (C=O) groups is 4. The van der Waals surface area contributed by atoms with Crippen LogP contribution in [0, 0.1) is 0 Å². The Bertz CT molecular complexity index is 1250. The van der Waals surface area contributed by atoms with Crippen LogP contribution < -0.4 is 16.0 Å². The van der Waals surface area contributed by atoms with Crippen LogP contribution in [0.2, 0.25) is 0 Å². The van der Waals surface area contributed by atoms with E-state index in [1.165, 1.54) is 21.0 Å². The fraction of sp³-hybridized carbons (Fsp3) is 0.290. The average molecular weight is 546 g/mol. The van der Waals surface area contributed by atoms with Crippen LogP contribution >= 0.6 is 0 Å². The predicted octanol–water partition coefficient (Wildman–Crippen LogP) is 3.69. The van der Waals surface area contributed by atoms with E-state index in [-0.39, 0.29) is 6.61 Å². The van der Waals surface area contributed by atoms with Gasteiger partial charge >= 0.3 is 12.1 Å². The average Bonchev–Trinajstić information content (AvgIpc) is 2.97. The van der Waals surface area contributed by atoms with Crippen molar-refractivity contribution >= 4 is 23.9 Å². The lowest BCUT2D eigenvalue weighted by atomic mass is 9.75. The van der Waals surface area contributed by atoms with Crippen molar-refractivity contribution in [3.05, 3.63) is 108 Å². The van der Waals surface area contributed by atoms with E-state index >= 15 is 0 Å². The minimum atomic E-state index is -1.60. The summed E-state index contributed by atoms with van der Waals surface area (Å²) in [7, 11) is 1.22. The van der Waals surface area contributed by atoms with Crippen LogP contribution in [0.1, 0.15) is 43.4 Å². The van der Waals surface area contributed by atoms with E-state index in [1.807, 2.05) is 91.0 Å². The summed E-state index contributed by atoms with van der Waals surface area (Å²) in [5.41, 5.74) is 0.729. The SMILES string of the molecule is COC(=O)[C@@H](C)NC(=O)[C@@H](C)NC(=O)C(C)(NC(=O)OCc1ccccc1)C(c1ccccc1)c1ccccc1. The standard InChI is InChI=1S/C31H35N3O6/c1-21(27(35)32-22(2)28(36)39-4)33-29(37)31(3,34-30(38)40-20-23-14-8-5-9-15-23)26(24-16-10-6-11-17-24)25-18-12-7-13-19-25/h5-19,21-22,26H,20H2,1-4H3,(H,32,35)(H,33,37)(H,34,38)/t21-,22-,31?/m1/s1. The molecule has 0 fully saturated rings. The van der Waals surface area contributed by atoms with E-state index < -0.39 is 47.4 Å². The third kappa shape index (κ3) is 7.69. The van der Waals surface area contributed by atoms with Crippen LogP contribution in [0.15, 0.2) is 91.0 Å². The van der Waals surface area contributed by atoms with Crippen LogP contribution in [-0.4, -0.2) is 48.6 Å². The molecule has 3 rings (SSSR count). The normalized spacial score (nSPS) is 13.7. The van der Waals surface area contributed by atoms with Gasteiger partial charge < -0.3 is 25.4 Å². The van der Waals surface area contributed by atoms with Gasteiger partial charge in [-0.1, -0.05) is 91.0 Å². The molecule has 0 bridgehead atoms. The van der Waals surface area contributed by atoms with Gasteiger partial charge in [0.25, 0.3) is 0 Å². The number of hydrogen-bond donors (Lipinski definition) is 3. The Labute approximate surface area is 234 Å². The molecule has 0 radical (unpaired) electrons. The highest BCUT2D eigenvalue weighted by atomic mass is 16.5. The molecular formula is C31H35N3O6. The Kier molecular flexibility index (Phi) is 10.4. The molecule has 9 heteroatoms. The molecule has 0 aliphatic rings. The van der Waals surface area contributed by atoms with Crippen LogP contribution in [-0.2, 0) is 30.5 Å². The van der Waals surface area contributed by atoms with Crippen molar-refractivity contribution in [2.75, 3.05) is 7.11 Å². The molecule has 210 valence electrons. The minimum Gasteiger partial charge on any atom is -0.467 e. The van der Waals surface area contributed by atoms with E-state index in [9.17, 15) is 19.2 Å². The molecule has 1 unspecified atom stereocenters. The fourth-order valence-corrected chi connectivity index (χ4v) is 4.37. The van der Waals surface area contributed by atoms with Gasteiger partial charge in [-0.2, -0.15) is 0 Å². The molecule has 0 spiro atoms. The zero-order valence-electron chi connectivity index (χ0n) is 23.0. The van der Waals surface area contributed by atoms with Gasteiger partial charge in [-0.15, -0.1) is 0 Å². The lowest BCUT2D eigenvalue weighted by Crippen LogP contribution is -2.63. The van der Waals surface area contributed by atoms with Crippen molar-refractivity contribution in [2.45, 2.75) is 50.9 Å². The first-order valence-electron chi connectivity index (χ1n) is 12.9. The predicted molar refractivity (Wildman–Crippen MR) is 150 cm³/mol. The summed E-state index contributed by atoms with van der Waals surface area (Å²) >= 11 is 0. The maximum absolute atomic E-state index is 14.0. The van der Waals surface area contributed by atoms with Crippen molar-refractivity contribution in [1.82, 2.24) is 16.0 Å². The van der Waals surface area contributed by atoms with Gasteiger partial charge in [-0.25, -0.2) is 9.59 Å². The first kappa shape index (κ1) is 29.9. The van der Waals surface area contributed by atoms with Crippen molar-refractivity contribution in [2.24, 2.45) is 0 Å². The molecule has 0 heterocycles. The fourth-order valence-electron chi connectivity index (χ4n) is 4.37. The molecular weight excluding hydrogens is 510 g/mol. The molecule has 9 nitrogen and oxygen atoms in total. The second-order valence-corrected chi connectivity index (χ2v) is 9.59. The first-order chi connectivity index (χ1) is 19.2. The van der Waals surface area contributed by atoms with Crippen LogP contribution in [0.4, 0.5) is 4.79 Å². The Morgan fingerprint density at radius 1 is 0.750 bits per heavy atom. The minimum absolute atomic E-state index is 0.00986. The van der Waals surface area contributed by atoms with E-state index in [2.05, 4.69) is 20.7 Å². The van der Waals surface area contributed by atoms with Crippen molar-refractivity contribution in [3.8, 4) is 0 Å². The van der Waals surface area contributed by atoms with Gasteiger partial charge in [0.05, 0.1) is 7.11 Å². The second-order valence-electron chi connectivity index (χ2n) is 9.59. The topological polar surface area (TPSA) is 123 Å². The number of methoxy groups -OCH3 is 1. The van der Waals surface area contributed by atoms with Crippen molar-refractivity contribution in [3.63, 3.8) is 0 Å². The largest absolute Gasteiger partial charge is 0.467 e. The lowest BCUT2D eigenvalue weighted by Gasteiger charge is -2.38. The number of amides is 3. The van der Waals surface area contributed by atoms with Crippen molar-refractivity contribution in [1.29, 1.82) is 0 Å². The Morgan fingerprint density at radius 3 is 1.75 bits per heavy atom. The Morgan fingerprint density at radius 2 is 1.25 bits per heavy atom. The van der Waals surface area contributed by atoms with E-state index in [1.54, 1.807) is 6.92 Å². The Balaban J connectivity index is 1.93. The van der Waals surface area contributed by atoms with Gasteiger partial charge in [0.1, 0.15) is 24.2 Å². The zero-order chi connectivity index (χ0) is 29.1. The highest BCUT2D eigenvalue weighted by Crippen LogP contribution is 2.35. The monoisotopic (exact) mass is 545 g/mol. The first-order valence-corrected chi connectivity index (χ1v) is 12.9. The number of esters is 1. The molecule has 0 saturated carbocycles. The van der Waals surface area contributed by atoms with Gasteiger partial charge in [-0.3, -0.25) is 9.59 Å². The van der Waals surface area contributed by atoms with Gasteiger partial charge in [-0.05, 0) is 37.5 Å². The highest BCUT2D eigenvalue weighted by molar-refractivity contribution is 5.96. The summed E-state index contributed by atoms with van der Waals surface area (Å²) in [5.74, 6) is -2.47. The molecule has 40 heavy (non-hydrogen) atoms. The molecule has 0 aliphatic carbocycles. The molecule has 0 aliphatic heterocycles. The lowest BCUT2D eigenvalue weighted by molar-refractivity contribution is -0.144. The number of benzene rings is 3. The van der Waals surface area contributed by atoms with Crippen LogP contribution in [0.25, 0.3) is 0 Å². The summed E-state index contributed by atoms with van der Waals surface area (Å²) in [4.78, 5) is 51.7. The van der Waals surface area contributed by atoms with E-state index in [4.69, 9.17) is 4.74 Å². The number of alkyl carbamates (subject to hydrolysis) is 1.